The molecule has 3 heterocycles. The van der Waals surface area contributed by atoms with E-state index < -0.39 is 21.0 Å². The van der Waals surface area contributed by atoms with Crippen molar-refractivity contribution < 1.29 is 12.8 Å². The van der Waals surface area contributed by atoms with Crippen LogP contribution in [0, 0.1) is 0 Å². The lowest BCUT2D eigenvalue weighted by Gasteiger charge is -2.37. The number of nitrogens with one attached hydrogen (secondary N) is 3. The third kappa shape index (κ3) is 2.92. The lowest BCUT2D eigenvalue weighted by atomic mass is 10.2. The van der Waals surface area contributed by atoms with Gasteiger partial charge in [-0.1, -0.05) is 0 Å². The third-order valence-corrected chi connectivity index (χ3v) is 7.82. The average Bonchev–Trinajstić information content (AvgIpc) is 3.15. The molecule has 2 saturated heterocycles. The van der Waals surface area contributed by atoms with Crippen molar-refractivity contribution >= 4 is 26.8 Å². The Morgan fingerprint density at radius 3 is 2.38 bits per heavy atom. The Morgan fingerprint density at radius 1 is 1.08 bits per heavy atom. The Labute approximate surface area is 151 Å². The summed E-state index contributed by atoms with van der Waals surface area (Å²) in [6.45, 7) is 5.86. The van der Waals surface area contributed by atoms with E-state index in [-0.39, 0.29) is 12.1 Å². The van der Waals surface area contributed by atoms with Crippen LogP contribution in [0.3, 0.4) is 0 Å². The van der Waals surface area contributed by atoms with E-state index in [9.17, 15) is 13.2 Å². The first kappa shape index (κ1) is 17.5. The Bertz CT molecular complexity index is 950. The van der Waals surface area contributed by atoms with Gasteiger partial charge in [0.05, 0.1) is 5.52 Å². The molecule has 0 bridgehead atoms. The second-order valence-electron chi connectivity index (χ2n) is 6.96. The summed E-state index contributed by atoms with van der Waals surface area (Å²) in [7, 11) is -3.38. The number of aromatic amines is 1. The molecule has 4 rings (SSSR count). The van der Waals surface area contributed by atoms with E-state index in [1.54, 1.807) is 10.4 Å². The zero-order valence-electron chi connectivity index (χ0n) is 14.7. The van der Waals surface area contributed by atoms with E-state index in [0.29, 0.717) is 37.3 Å². The van der Waals surface area contributed by atoms with Crippen LogP contribution in [-0.2, 0) is 10.0 Å². The van der Waals surface area contributed by atoms with Crippen LogP contribution in [0.25, 0.3) is 11.1 Å². The fraction of sp³-hybridized carbons (Fsp3) is 0.562. The predicted octanol–water partition coefficient (Wildman–Crippen LogP) is -0.174. The fourth-order valence-electron chi connectivity index (χ4n) is 3.89. The highest BCUT2D eigenvalue weighted by atomic mass is 32.2. The Balaban J connectivity index is 1.48. The highest BCUT2D eigenvalue weighted by Gasteiger charge is 2.44. The highest BCUT2D eigenvalue weighted by molar-refractivity contribution is 7.89. The summed E-state index contributed by atoms with van der Waals surface area (Å²) in [4.78, 5) is 16.1. The van der Waals surface area contributed by atoms with Gasteiger partial charge in [0.25, 0.3) is 0 Å². The quantitative estimate of drug-likeness (QED) is 0.677. The number of hydrazine groups is 1. The molecular weight excluding hydrogens is 358 g/mol. The van der Waals surface area contributed by atoms with Crippen molar-refractivity contribution in [2.45, 2.75) is 31.2 Å². The van der Waals surface area contributed by atoms with Crippen molar-refractivity contribution in [3.8, 4) is 0 Å². The van der Waals surface area contributed by atoms with Gasteiger partial charge in [-0.25, -0.2) is 13.2 Å². The number of H-pyrrole nitrogens is 1. The number of hydrogen-bond acceptors (Lipinski definition) is 7. The summed E-state index contributed by atoms with van der Waals surface area (Å²) >= 11 is 0. The zero-order chi connectivity index (χ0) is 18.5. The molecule has 2 fully saturated rings. The first-order valence-corrected chi connectivity index (χ1v) is 10.2. The van der Waals surface area contributed by atoms with Crippen LogP contribution in [0.5, 0.6) is 0 Å². The van der Waals surface area contributed by atoms with Crippen molar-refractivity contribution in [3.05, 3.63) is 28.7 Å². The molecule has 9 nitrogen and oxygen atoms in total. The smallest absolute Gasteiger partial charge is 0.408 e. The number of benzene rings is 1. The summed E-state index contributed by atoms with van der Waals surface area (Å²) in [5.41, 5.74) is 8.13. The Kier molecular flexibility index (Phi) is 4.30. The normalized spacial score (nSPS) is 28.1. The first-order valence-electron chi connectivity index (χ1n) is 8.74. The number of hydrogen-bond donors (Lipinski definition) is 3. The highest BCUT2D eigenvalue weighted by Crippen LogP contribution is 2.25. The van der Waals surface area contributed by atoms with Crippen molar-refractivity contribution in [2.75, 3.05) is 31.1 Å². The van der Waals surface area contributed by atoms with Crippen LogP contribution >= 0.6 is 0 Å². The maximum absolute atomic E-state index is 13.0. The molecule has 0 spiro atoms. The molecule has 2 unspecified atom stereocenters. The molecule has 1 aromatic carbocycles. The van der Waals surface area contributed by atoms with E-state index in [4.69, 9.17) is 4.42 Å². The molecule has 3 N–H and O–H groups in total. The minimum Gasteiger partial charge on any atom is -0.408 e. The van der Waals surface area contributed by atoms with Gasteiger partial charge in [0, 0.05) is 44.0 Å². The van der Waals surface area contributed by atoms with E-state index in [1.165, 1.54) is 0 Å². The summed E-state index contributed by atoms with van der Waals surface area (Å²) in [6, 6.07) is 5.24. The molecule has 1 aromatic heterocycles. The van der Waals surface area contributed by atoms with Gasteiger partial charge in [0.15, 0.2) is 5.58 Å². The number of nitrogens with zero attached hydrogens (tertiary/aromatic N) is 2. The van der Waals surface area contributed by atoms with Gasteiger partial charge in [-0.3, -0.25) is 15.8 Å². The monoisotopic (exact) mass is 381 g/mol. The second-order valence-corrected chi connectivity index (χ2v) is 9.05. The van der Waals surface area contributed by atoms with Gasteiger partial charge in [0.1, 0.15) is 5.25 Å². The van der Waals surface area contributed by atoms with E-state index in [0.717, 1.165) is 5.69 Å². The van der Waals surface area contributed by atoms with E-state index in [2.05, 4.69) is 20.7 Å². The number of sulfonamides is 1. The minimum atomic E-state index is -3.38. The van der Waals surface area contributed by atoms with E-state index >= 15 is 0 Å². The molecule has 0 amide bonds. The van der Waals surface area contributed by atoms with Crippen LogP contribution in [0.4, 0.5) is 5.69 Å². The van der Waals surface area contributed by atoms with Gasteiger partial charge in [-0.05, 0) is 32.0 Å². The van der Waals surface area contributed by atoms with Crippen LogP contribution < -0.4 is 21.5 Å². The molecule has 10 heteroatoms. The van der Waals surface area contributed by atoms with Crippen LogP contribution in [0.15, 0.2) is 27.4 Å². The maximum atomic E-state index is 13.0. The standard InChI is InChI=1S/C16H23N5O4S/c1-10-15(11(2)19-18-10)26(23,24)21-7-5-20(6-8-21)12-3-4-14-13(9-12)17-16(22)25-14/h3-4,9-11,15,18-19H,5-8H2,1-2H3,(H,17,22). The lowest BCUT2D eigenvalue weighted by molar-refractivity contribution is 0.375. The molecule has 2 aliphatic rings. The van der Waals surface area contributed by atoms with Gasteiger partial charge in [-0.2, -0.15) is 4.31 Å². The molecule has 2 atom stereocenters. The number of anilines is 1. The average molecular weight is 381 g/mol. The number of oxazole rings is 1. The second kappa shape index (κ2) is 6.38. The molecule has 2 aromatic rings. The van der Waals surface area contributed by atoms with Gasteiger partial charge in [0.2, 0.25) is 10.0 Å². The van der Waals surface area contributed by atoms with Crippen LogP contribution in [-0.4, -0.2) is 61.2 Å². The number of rotatable bonds is 3. The summed E-state index contributed by atoms with van der Waals surface area (Å²) in [6.07, 6.45) is 0. The van der Waals surface area contributed by atoms with Gasteiger partial charge >= 0.3 is 5.76 Å². The Morgan fingerprint density at radius 2 is 1.73 bits per heavy atom. The molecule has 26 heavy (non-hydrogen) atoms. The van der Waals surface area contributed by atoms with Crippen molar-refractivity contribution in [2.24, 2.45) is 0 Å². The maximum Gasteiger partial charge on any atom is 0.417 e. The molecule has 142 valence electrons. The SMILES string of the molecule is CC1NNC(C)C1S(=O)(=O)N1CCN(c2ccc3oc(=O)[nH]c3c2)CC1. The molecule has 0 aliphatic carbocycles. The summed E-state index contributed by atoms with van der Waals surface area (Å²) < 4.78 is 32.6. The van der Waals surface area contributed by atoms with Gasteiger partial charge < -0.3 is 9.32 Å². The predicted molar refractivity (Wildman–Crippen MR) is 98.5 cm³/mol. The Hall–Kier alpha value is -1.88. The van der Waals surface area contributed by atoms with Crippen molar-refractivity contribution in [1.82, 2.24) is 20.1 Å². The molecular formula is C16H23N5O4S. The largest absolute Gasteiger partial charge is 0.417 e. The van der Waals surface area contributed by atoms with E-state index in [1.807, 2.05) is 26.0 Å². The van der Waals surface area contributed by atoms with Gasteiger partial charge in [-0.15, -0.1) is 0 Å². The van der Waals surface area contributed by atoms with Crippen molar-refractivity contribution in [1.29, 1.82) is 0 Å². The minimum absolute atomic E-state index is 0.131. The molecule has 2 aliphatic heterocycles. The third-order valence-electron chi connectivity index (χ3n) is 5.23. The fourth-order valence-corrected chi connectivity index (χ4v) is 6.07. The van der Waals surface area contributed by atoms with Crippen LogP contribution in [0.2, 0.25) is 0 Å². The molecule has 0 saturated carbocycles. The number of aromatic nitrogens is 1. The van der Waals surface area contributed by atoms with Crippen molar-refractivity contribution in [3.63, 3.8) is 0 Å². The lowest BCUT2D eigenvalue weighted by Crippen LogP contribution is -2.54. The first-order chi connectivity index (χ1) is 12.4. The molecule has 0 radical (unpaired) electrons. The summed E-state index contributed by atoms with van der Waals surface area (Å²) in [5, 5.41) is -0.471. The summed E-state index contributed by atoms with van der Waals surface area (Å²) in [5.74, 6) is -0.477. The van der Waals surface area contributed by atoms with Crippen LogP contribution in [0.1, 0.15) is 13.8 Å². The topological polar surface area (TPSA) is 111 Å². The zero-order valence-corrected chi connectivity index (χ0v) is 15.5. The number of fused-ring (bicyclic) bond motifs is 1. The number of piperazine rings is 1.